The number of hydrogen-bond donors (Lipinski definition) is 0. The van der Waals surface area contributed by atoms with Crippen LogP contribution in [0.15, 0.2) is 199 Å². The lowest BCUT2D eigenvalue weighted by Gasteiger charge is -2.21. The van der Waals surface area contributed by atoms with Crippen LogP contribution in [0.25, 0.3) is 0 Å². The van der Waals surface area contributed by atoms with E-state index >= 15 is 0 Å². The number of benzene rings is 3. The largest absolute Gasteiger partial charge is 0.442 e. The molecule has 91 heteroatoms. The normalized spacial score (nSPS) is 34.2. The summed E-state index contributed by atoms with van der Waals surface area (Å²) >= 11 is 0. The highest BCUT2D eigenvalue weighted by molar-refractivity contribution is 7.84. The van der Waals surface area contributed by atoms with Crippen molar-refractivity contribution in [3.63, 3.8) is 0 Å². The second-order valence-electron chi connectivity index (χ2n) is 22.2. The van der Waals surface area contributed by atoms with Gasteiger partial charge in [-0.1, -0.05) is 82.3 Å². The van der Waals surface area contributed by atoms with Gasteiger partial charge in [-0.3, -0.25) is 0 Å². The van der Waals surface area contributed by atoms with Gasteiger partial charge in [-0.15, -0.1) is 172 Å². The highest BCUT2D eigenvalue weighted by Gasteiger charge is 2.48. The van der Waals surface area contributed by atoms with Crippen LogP contribution >= 0.6 is 186 Å². The molecule has 0 bridgehead atoms. The molecule has 127 heavy (non-hydrogen) atoms. The van der Waals surface area contributed by atoms with E-state index in [1.165, 1.54) is 115 Å². The van der Waals surface area contributed by atoms with Gasteiger partial charge in [-0.25, -0.2) is 0 Å². The molecule has 3 aromatic rings. The Kier molecular flexibility index (Phi) is 42.4. The van der Waals surface area contributed by atoms with E-state index in [4.69, 9.17) is 9.05 Å². The third-order valence-electron chi connectivity index (χ3n) is 11.5. The number of hydrogen-bond acceptors (Lipinski definition) is 31. The monoisotopic (exact) mass is 2370 g/mol. The number of para-hydroxylation sites is 2. The first-order valence-corrected chi connectivity index (χ1v) is 69.2. The fourth-order valence-electron chi connectivity index (χ4n) is 7.60. The first kappa shape index (κ1) is 119. The predicted molar refractivity (Wildman–Crippen MR) is 445 cm³/mol. The quantitative estimate of drug-likeness (QED) is 0.0874. The highest BCUT2D eigenvalue weighted by Crippen LogP contribution is 2.89. The molecule has 11 rings (SSSR count). The van der Waals surface area contributed by atoms with Crippen molar-refractivity contribution in [2.24, 2.45) is 108 Å². The van der Waals surface area contributed by atoms with Crippen molar-refractivity contribution >= 4 is 191 Å². The molecule has 12 atom stereocenters. The lowest BCUT2D eigenvalue weighted by Crippen LogP contribution is -1.98. The SMILES string of the molecule is CC(C)P1(F)=NP(F)(F)=NP(F)(F)=N1.CCCP1(F)=NP(F)(F)=NP(F)(F)=N1.CCOP1(F)=NP(F)(F)=NP(F)(OCC)=N1.CCOP1(F)=NP(F)(OC)=NP(F)(OCC)=N1.CCP1(F)=NP(F)(F)=NP(F)(F)=N1.CP1(F)=NP(F)(F)=NP(F)(F)=N1.FP1(F)=NP(F)(F)=NP(F)(c2ccccc2)=N1.FP1(F)=NP(F)(Oc2ccccc2)=NP(F)(Oc2ccccc2)=N1. The summed E-state index contributed by atoms with van der Waals surface area (Å²) in [5.74, 6) is -0.178. The lowest BCUT2D eigenvalue weighted by atomic mass is 10.3. The molecular formula is C36H60F36N24O7P24. The lowest BCUT2D eigenvalue weighted by molar-refractivity contribution is 0.333. The van der Waals surface area contributed by atoms with Crippen LogP contribution in [0.4, 0.5) is 151 Å². The van der Waals surface area contributed by atoms with Crippen molar-refractivity contribution in [2.75, 3.05) is 52.5 Å². The van der Waals surface area contributed by atoms with Gasteiger partial charge in [0, 0.05) is 37.1 Å². The Morgan fingerprint density at radius 1 is 0.260 bits per heavy atom. The van der Waals surface area contributed by atoms with E-state index in [1.54, 1.807) is 12.1 Å². The number of halogens is 36. The van der Waals surface area contributed by atoms with Crippen molar-refractivity contribution in [1.29, 1.82) is 0 Å². The van der Waals surface area contributed by atoms with E-state index < -0.39 is 204 Å². The van der Waals surface area contributed by atoms with Crippen LogP contribution in [0.2, 0.25) is 0 Å². The summed E-state index contributed by atoms with van der Waals surface area (Å²) in [7, 11) is -120. The molecule has 0 aliphatic carbocycles. The third kappa shape index (κ3) is 41.6. The zero-order chi connectivity index (χ0) is 97.8. The fraction of sp³-hybridized carbons (Fsp3) is 0.500. The van der Waals surface area contributed by atoms with E-state index in [9.17, 15) is 151 Å². The van der Waals surface area contributed by atoms with Crippen LogP contribution < -0.4 is 14.4 Å². The smallest absolute Gasteiger partial charge is 0.419 e. The summed E-state index contributed by atoms with van der Waals surface area (Å²) in [6.07, 6.45) is -0.821. The summed E-state index contributed by atoms with van der Waals surface area (Å²) < 4.78 is 561. The Morgan fingerprint density at radius 3 is 0.882 bits per heavy atom. The van der Waals surface area contributed by atoms with Gasteiger partial charge in [0.05, 0.1) is 26.4 Å². The third-order valence-corrected chi connectivity index (χ3v) is 63.2. The second kappa shape index (κ2) is 45.1. The number of rotatable bonds is 18. The van der Waals surface area contributed by atoms with Gasteiger partial charge in [0.1, 0.15) is 11.5 Å². The highest BCUT2D eigenvalue weighted by atomic mass is 31.3. The Labute approximate surface area is 701 Å². The standard InChI is InChI=1S/C12H10F4N3O2P3.C6H5F5N3P3.C5H13F3N3O3P3.C4H10F4N3O2P3.2C3H7F5N3P3.C2H5F5N3P3.CH3F5N3P3/c13-22(14)17-23(15,20-11-7-3-1-4-8-11)19-24(16,18-22)21-12-9-5-2-6-10-12;7-15(6-4-2-1-3-5-6)12-16(8,9)14-17(10,11)13-15;1-4-13-16(7)9-15(6,12-3)10-17(8,11-16)14-5-2;1-3-12-15(7)9-14(5,6)10-16(8,11-15)13-4-2;1-3(2)12(4)9-13(5,6)11-14(7,8)10-12;1-2-3-12(4)9-13(5,6)11-14(7,8)10-12;1-2-11(3)8-12(4,5)10-13(6,7)9-11;1-10(2)7-11(3,4)9-12(5,6)8-10/h1-10H;1-5H;4-5H2,1-3H3;3-4H2,1-2H3;3H,1-2H3;2-3H2,1H3;2H2,1H3;1H3. The Hall–Kier alpha value is 0.0600. The minimum absolute atomic E-state index is 0.0889. The van der Waals surface area contributed by atoms with Crippen LogP contribution in [0.3, 0.4) is 0 Å². The van der Waals surface area contributed by atoms with Crippen LogP contribution in [0, 0.1) is 0 Å². The van der Waals surface area contributed by atoms with Crippen molar-refractivity contribution in [3.8, 4) is 11.5 Å². The molecule has 8 aliphatic heterocycles. The minimum atomic E-state index is -5.62. The van der Waals surface area contributed by atoms with Crippen LogP contribution in [-0.4, -0.2) is 58.2 Å². The molecule has 0 aromatic heterocycles. The average molecular weight is 2370 g/mol. The molecule has 8 aliphatic rings. The van der Waals surface area contributed by atoms with E-state index in [0.29, 0.717) is 6.66 Å². The Morgan fingerprint density at radius 2 is 0.535 bits per heavy atom. The summed E-state index contributed by atoms with van der Waals surface area (Å²) in [5.41, 5.74) is -1.05. The molecule has 12 unspecified atom stereocenters. The van der Waals surface area contributed by atoms with E-state index in [0.717, 1.165) is 26.2 Å². The first-order valence-electron chi connectivity index (χ1n) is 32.1. The van der Waals surface area contributed by atoms with Crippen molar-refractivity contribution in [3.05, 3.63) is 91.0 Å². The second-order valence-corrected chi connectivity index (χ2v) is 67.7. The molecule has 0 saturated heterocycles. The van der Waals surface area contributed by atoms with Crippen molar-refractivity contribution < 1.29 is 183 Å². The zero-order valence-electron chi connectivity index (χ0n) is 63.6. The van der Waals surface area contributed by atoms with Crippen molar-refractivity contribution in [2.45, 2.75) is 67.5 Å². The molecule has 0 spiro atoms. The van der Waals surface area contributed by atoms with Gasteiger partial charge in [0.2, 0.25) is 7.52 Å². The topological polar surface area (TPSA) is 361 Å². The molecule has 0 fully saturated rings. The Balaban J connectivity index is 0.000000307. The van der Waals surface area contributed by atoms with Crippen LogP contribution in [-0.2, 0) is 22.6 Å². The minimum Gasteiger partial charge on any atom is -0.419 e. The van der Waals surface area contributed by atoms with E-state index in [-0.39, 0.29) is 49.7 Å². The maximum atomic E-state index is 14.7. The molecule has 0 saturated carbocycles. The maximum Gasteiger partial charge on any atom is 0.442 e. The molecule has 0 N–H and O–H groups in total. The van der Waals surface area contributed by atoms with Gasteiger partial charge in [0.25, 0.3) is 30.1 Å². The van der Waals surface area contributed by atoms with Gasteiger partial charge in [0.15, 0.2) is 0 Å². The molecule has 8 heterocycles. The van der Waals surface area contributed by atoms with E-state index in [2.05, 4.69) is 108 Å². The summed E-state index contributed by atoms with van der Waals surface area (Å²) in [6.45, 7) is 10.6. The van der Waals surface area contributed by atoms with Crippen LogP contribution in [0.1, 0.15) is 61.8 Å². The Bertz CT molecular complexity index is 5880. The average Bonchev–Trinajstić information content (AvgIpc) is 0.775. The van der Waals surface area contributed by atoms with Gasteiger partial charge in [-0.2, -0.15) is 87.1 Å². The van der Waals surface area contributed by atoms with Crippen LogP contribution in [0.5, 0.6) is 11.5 Å². The molecule has 0 radical (unpaired) electrons. The van der Waals surface area contributed by atoms with Gasteiger partial charge < -0.3 is 31.7 Å². The van der Waals surface area contributed by atoms with Gasteiger partial charge >= 0.3 is 148 Å². The first-order chi connectivity index (χ1) is 57.1. The molecule has 3 aromatic carbocycles. The molecular weight excluding hydrogens is 2310 g/mol. The molecule has 738 valence electrons. The summed E-state index contributed by atoms with van der Waals surface area (Å²) in [5, 5.41) is -0.339. The summed E-state index contributed by atoms with van der Waals surface area (Å²) in [4.78, 5) is 0. The predicted octanol–water partition coefficient (Wildman–Crippen LogP) is 48.8. The van der Waals surface area contributed by atoms with E-state index in [1.807, 2.05) is 22.6 Å². The summed E-state index contributed by atoms with van der Waals surface area (Å²) in [6, 6.07) is 21.0. The molecule has 31 nitrogen and oxygen atoms in total. The van der Waals surface area contributed by atoms with Crippen molar-refractivity contribution in [1.82, 2.24) is 0 Å². The fourth-order valence-corrected chi connectivity index (χ4v) is 57.0. The molecule has 0 amide bonds. The number of nitrogens with zero attached hydrogens (tertiary/aromatic N) is 24. The zero-order valence-corrected chi connectivity index (χ0v) is 85.1. The van der Waals surface area contributed by atoms with Gasteiger partial charge in [-0.05, 0) is 70.5 Å². The maximum absolute atomic E-state index is 14.7.